The van der Waals surface area contributed by atoms with Gasteiger partial charge >= 0.3 is 0 Å². The molecule has 2 heteroatoms. The van der Waals surface area contributed by atoms with Crippen molar-refractivity contribution in [2.45, 2.75) is 52.5 Å². The molecule has 1 heterocycles. The zero-order chi connectivity index (χ0) is 11.6. The van der Waals surface area contributed by atoms with Gasteiger partial charge < -0.3 is 5.32 Å². The maximum atomic E-state index is 3.68. The van der Waals surface area contributed by atoms with Crippen LogP contribution in [0, 0.1) is 11.3 Å². The lowest BCUT2D eigenvalue weighted by Crippen LogP contribution is -2.54. The molecular formula is C14H28N2. The second kappa shape index (κ2) is 5.05. The lowest BCUT2D eigenvalue weighted by Gasteiger charge is -2.38. The molecule has 1 aliphatic carbocycles. The molecule has 0 radical (unpaired) electrons. The molecule has 2 fully saturated rings. The minimum atomic E-state index is 0.720. The monoisotopic (exact) mass is 224 g/mol. The van der Waals surface area contributed by atoms with Crippen molar-refractivity contribution in [3.05, 3.63) is 0 Å². The summed E-state index contributed by atoms with van der Waals surface area (Å²) in [6.45, 7) is 12.1. The van der Waals surface area contributed by atoms with Crippen molar-refractivity contribution in [2.75, 3.05) is 26.2 Å². The molecule has 1 aliphatic heterocycles. The van der Waals surface area contributed by atoms with Crippen LogP contribution in [0.5, 0.6) is 0 Å². The number of hydrogen-bond acceptors (Lipinski definition) is 2. The van der Waals surface area contributed by atoms with Crippen LogP contribution in [0.2, 0.25) is 0 Å². The smallest absolute Gasteiger partial charge is 0.0221 e. The molecule has 0 aromatic heterocycles. The average Bonchev–Trinajstić information content (AvgIpc) is 3.09. The molecule has 1 N–H and O–H groups in total. The third-order valence-electron chi connectivity index (χ3n) is 4.89. The Morgan fingerprint density at radius 3 is 2.69 bits per heavy atom. The van der Waals surface area contributed by atoms with E-state index >= 15 is 0 Å². The predicted molar refractivity (Wildman–Crippen MR) is 69.6 cm³/mol. The highest BCUT2D eigenvalue weighted by Crippen LogP contribution is 2.49. The minimum Gasteiger partial charge on any atom is -0.311 e. The Labute approximate surface area is 101 Å². The summed E-state index contributed by atoms with van der Waals surface area (Å²) < 4.78 is 0. The van der Waals surface area contributed by atoms with E-state index in [4.69, 9.17) is 0 Å². The molecule has 2 rings (SSSR count). The highest BCUT2D eigenvalue weighted by Gasteiger charge is 2.42. The third kappa shape index (κ3) is 2.78. The van der Waals surface area contributed by atoms with Gasteiger partial charge in [-0.1, -0.05) is 27.2 Å². The van der Waals surface area contributed by atoms with Crippen molar-refractivity contribution in [2.24, 2.45) is 11.3 Å². The molecule has 0 spiro atoms. The second-order valence-corrected chi connectivity index (χ2v) is 6.03. The zero-order valence-corrected chi connectivity index (χ0v) is 11.3. The molecule has 94 valence electrons. The van der Waals surface area contributed by atoms with Crippen LogP contribution < -0.4 is 5.32 Å². The van der Waals surface area contributed by atoms with Crippen molar-refractivity contribution < 1.29 is 0 Å². The molecule has 0 aromatic rings. The van der Waals surface area contributed by atoms with Crippen molar-refractivity contribution in [3.8, 4) is 0 Å². The summed E-state index contributed by atoms with van der Waals surface area (Å²) in [5.74, 6) is 0.819. The van der Waals surface area contributed by atoms with E-state index in [9.17, 15) is 0 Å². The molecule has 1 saturated carbocycles. The topological polar surface area (TPSA) is 15.3 Å². The van der Waals surface area contributed by atoms with Crippen molar-refractivity contribution >= 4 is 0 Å². The summed E-state index contributed by atoms with van der Waals surface area (Å²) in [5.41, 5.74) is 0.720. The van der Waals surface area contributed by atoms with Gasteiger partial charge in [-0.2, -0.15) is 0 Å². The summed E-state index contributed by atoms with van der Waals surface area (Å²) >= 11 is 0. The van der Waals surface area contributed by atoms with Crippen LogP contribution >= 0.6 is 0 Å². The quantitative estimate of drug-likeness (QED) is 0.772. The first-order chi connectivity index (χ1) is 7.69. The second-order valence-electron chi connectivity index (χ2n) is 6.03. The van der Waals surface area contributed by atoms with Crippen LogP contribution in [0.25, 0.3) is 0 Å². The zero-order valence-electron chi connectivity index (χ0n) is 11.3. The first-order valence-corrected chi connectivity index (χ1v) is 7.15. The summed E-state index contributed by atoms with van der Waals surface area (Å²) in [5, 5.41) is 3.68. The fraction of sp³-hybridized carbons (Fsp3) is 1.00. The number of rotatable bonds is 5. The number of piperazine rings is 1. The Hall–Kier alpha value is -0.0800. The molecule has 2 atom stereocenters. The molecular weight excluding hydrogens is 196 g/mol. The molecule has 2 nitrogen and oxygen atoms in total. The molecule has 0 aromatic carbocycles. The maximum absolute atomic E-state index is 3.68. The molecule has 0 bridgehead atoms. The van der Waals surface area contributed by atoms with Crippen LogP contribution in [0.1, 0.15) is 46.5 Å². The van der Waals surface area contributed by atoms with E-state index in [-0.39, 0.29) is 0 Å². The molecule has 0 amide bonds. The van der Waals surface area contributed by atoms with Gasteiger partial charge in [0.15, 0.2) is 0 Å². The van der Waals surface area contributed by atoms with E-state index in [1.807, 2.05) is 0 Å². The van der Waals surface area contributed by atoms with Crippen LogP contribution in [0.4, 0.5) is 0 Å². The first kappa shape index (κ1) is 12.4. The van der Waals surface area contributed by atoms with E-state index in [1.165, 1.54) is 51.9 Å². The van der Waals surface area contributed by atoms with Gasteiger partial charge in [0.1, 0.15) is 0 Å². The predicted octanol–water partition coefficient (Wildman–Crippen LogP) is 2.50. The molecule has 2 unspecified atom stereocenters. The highest BCUT2D eigenvalue weighted by atomic mass is 15.2. The number of nitrogens with one attached hydrogen (secondary N) is 1. The lowest BCUT2D eigenvalue weighted by atomic mass is 9.95. The van der Waals surface area contributed by atoms with E-state index in [0.29, 0.717) is 0 Å². The van der Waals surface area contributed by atoms with Gasteiger partial charge in [-0.25, -0.2) is 0 Å². The largest absolute Gasteiger partial charge is 0.311 e. The third-order valence-corrected chi connectivity index (χ3v) is 4.89. The first-order valence-electron chi connectivity index (χ1n) is 7.15. The maximum Gasteiger partial charge on any atom is 0.0221 e. The van der Waals surface area contributed by atoms with Crippen molar-refractivity contribution in [1.29, 1.82) is 0 Å². The van der Waals surface area contributed by atoms with Gasteiger partial charge in [0.25, 0.3) is 0 Å². The van der Waals surface area contributed by atoms with Gasteiger partial charge in [-0.05, 0) is 30.6 Å². The van der Waals surface area contributed by atoms with Gasteiger partial charge in [-0.3, -0.25) is 4.90 Å². The Balaban J connectivity index is 1.82. The fourth-order valence-corrected chi connectivity index (χ4v) is 2.93. The van der Waals surface area contributed by atoms with Crippen LogP contribution in [0.3, 0.4) is 0 Å². The molecule has 16 heavy (non-hydrogen) atoms. The van der Waals surface area contributed by atoms with Gasteiger partial charge in [0.05, 0.1) is 0 Å². The molecule has 2 aliphatic rings. The summed E-state index contributed by atoms with van der Waals surface area (Å²) in [6, 6.07) is 0.728. The summed E-state index contributed by atoms with van der Waals surface area (Å²) in [6.07, 6.45) is 5.62. The van der Waals surface area contributed by atoms with Gasteiger partial charge in [0.2, 0.25) is 0 Å². The van der Waals surface area contributed by atoms with Crippen LogP contribution in [-0.4, -0.2) is 37.1 Å². The Bertz CT molecular complexity index is 223. The summed E-state index contributed by atoms with van der Waals surface area (Å²) in [7, 11) is 0. The van der Waals surface area contributed by atoms with Crippen molar-refractivity contribution in [1.82, 2.24) is 10.2 Å². The number of hydrogen-bond donors (Lipinski definition) is 1. The van der Waals surface area contributed by atoms with Gasteiger partial charge in [0, 0.05) is 32.2 Å². The van der Waals surface area contributed by atoms with Crippen molar-refractivity contribution in [3.63, 3.8) is 0 Å². The van der Waals surface area contributed by atoms with E-state index in [2.05, 4.69) is 31.0 Å². The average molecular weight is 224 g/mol. The Morgan fingerprint density at radius 1 is 1.38 bits per heavy atom. The fourth-order valence-electron chi connectivity index (χ4n) is 2.93. The minimum absolute atomic E-state index is 0.720. The molecule has 1 saturated heterocycles. The van der Waals surface area contributed by atoms with Crippen LogP contribution in [-0.2, 0) is 0 Å². The Morgan fingerprint density at radius 2 is 2.12 bits per heavy atom. The highest BCUT2D eigenvalue weighted by molar-refractivity contribution is 4.96. The van der Waals surface area contributed by atoms with E-state index < -0.39 is 0 Å². The standard InChI is InChI=1S/C14H28N2/c1-4-12(3)13-10-16(9-8-15-13)11-14(5-2)6-7-14/h12-13,15H,4-11H2,1-3H3. The van der Waals surface area contributed by atoms with Crippen LogP contribution in [0.15, 0.2) is 0 Å². The summed E-state index contributed by atoms with van der Waals surface area (Å²) in [4.78, 5) is 2.71. The van der Waals surface area contributed by atoms with E-state index in [1.54, 1.807) is 0 Å². The normalized spacial score (nSPS) is 31.3. The number of nitrogens with zero attached hydrogens (tertiary/aromatic N) is 1. The Kier molecular flexibility index (Phi) is 3.91. The SMILES string of the molecule is CCC(C)C1CN(CC2(CC)CC2)CCN1. The van der Waals surface area contributed by atoms with Gasteiger partial charge in [-0.15, -0.1) is 0 Å². The van der Waals surface area contributed by atoms with E-state index in [0.717, 1.165) is 17.4 Å². The lowest BCUT2D eigenvalue weighted by molar-refractivity contribution is 0.140.